The molecule has 0 bridgehead atoms. The summed E-state index contributed by atoms with van der Waals surface area (Å²) >= 11 is 0. The van der Waals surface area contributed by atoms with E-state index in [1.807, 2.05) is 26.0 Å². The lowest BCUT2D eigenvalue weighted by Crippen LogP contribution is -2.31. The Labute approximate surface area is 112 Å². The average Bonchev–Trinajstić information content (AvgIpc) is 2.88. The number of ether oxygens (including phenoxy) is 1. The highest BCUT2D eigenvalue weighted by molar-refractivity contribution is 5.91. The predicted molar refractivity (Wildman–Crippen MR) is 71.0 cm³/mol. The average molecular weight is 256 g/mol. The summed E-state index contributed by atoms with van der Waals surface area (Å²) in [5.74, 6) is 0.203. The molecule has 0 saturated heterocycles. The lowest BCUT2D eigenvalue weighted by molar-refractivity contribution is -0.121. The van der Waals surface area contributed by atoms with Gasteiger partial charge in [-0.1, -0.05) is 12.1 Å². The lowest BCUT2D eigenvalue weighted by Gasteiger charge is -2.14. The standard InChI is InChI=1S/C15H16N2O2/c1-10(2)17-15(18)14-8-7-13(19-14)12-5-3-11(9-16)4-6-12/h3-6,8,10,13H,7H2,1-2H3,(H,17,18). The van der Waals surface area contributed by atoms with Gasteiger partial charge >= 0.3 is 0 Å². The molecule has 0 aromatic heterocycles. The van der Waals surface area contributed by atoms with Crippen LogP contribution >= 0.6 is 0 Å². The van der Waals surface area contributed by atoms with Gasteiger partial charge in [0.15, 0.2) is 5.76 Å². The minimum Gasteiger partial charge on any atom is -0.480 e. The number of hydrogen-bond donors (Lipinski definition) is 1. The van der Waals surface area contributed by atoms with Crippen LogP contribution in [0.3, 0.4) is 0 Å². The van der Waals surface area contributed by atoms with Crippen LogP contribution in [0.2, 0.25) is 0 Å². The maximum Gasteiger partial charge on any atom is 0.286 e. The lowest BCUT2D eigenvalue weighted by atomic mass is 10.1. The first-order valence-corrected chi connectivity index (χ1v) is 6.28. The molecule has 0 spiro atoms. The third-order valence-electron chi connectivity index (χ3n) is 2.84. The van der Waals surface area contributed by atoms with Crippen molar-refractivity contribution < 1.29 is 9.53 Å². The van der Waals surface area contributed by atoms with Crippen molar-refractivity contribution in [2.75, 3.05) is 0 Å². The van der Waals surface area contributed by atoms with Crippen molar-refractivity contribution in [1.29, 1.82) is 5.26 Å². The molecule has 0 saturated carbocycles. The van der Waals surface area contributed by atoms with E-state index in [1.165, 1.54) is 0 Å². The molecule has 1 unspecified atom stereocenters. The fourth-order valence-corrected chi connectivity index (χ4v) is 1.92. The molecule has 1 N–H and O–H groups in total. The number of nitrogens with one attached hydrogen (secondary N) is 1. The topological polar surface area (TPSA) is 62.1 Å². The SMILES string of the molecule is CC(C)NC(=O)C1=CCC(c2ccc(C#N)cc2)O1. The van der Waals surface area contributed by atoms with E-state index in [1.54, 1.807) is 18.2 Å². The highest BCUT2D eigenvalue weighted by Gasteiger charge is 2.24. The normalized spacial score (nSPS) is 17.6. The maximum absolute atomic E-state index is 11.8. The van der Waals surface area contributed by atoms with Gasteiger partial charge in [-0.15, -0.1) is 0 Å². The zero-order valence-electron chi connectivity index (χ0n) is 11.0. The fourth-order valence-electron chi connectivity index (χ4n) is 1.92. The number of nitriles is 1. The number of carbonyl (C=O) groups is 1. The Bertz CT molecular complexity index is 538. The summed E-state index contributed by atoms with van der Waals surface area (Å²) in [5.41, 5.74) is 1.59. The molecule has 1 amide bonds. The van der Waals surface area contributed by atoms with E-state index >= 15 is 0 Å². The minimum absolute atomic E-state index is 0.0889. The highest BCUT2D eigenvalue weighted by atomic mass is 16.5. The Morgan fingerprint density at radius 2 is 2.11 bits per heavy atom. The van der Waals surface area contributed by atoms with Gasteiger partial charge in [-0.25, -0.2) is 0 Å². The quantitative estimate of drug-likeness (QED) is 0.903. The van der Waals surface area contributed by atoms with Crippen LogP contribution in [-0.4, -0.2) is 11.9 Å². The summed E-state index contributed by atoms with van der Waals surface area (Å²) in [5, 5.41) is 11.5. The number of nitrogens with zero attached hydrogens (tertiary/aromatic N) is 1. The first kappa shape index (κ1) is 13.2. The first-order chi connectivity index (χ1) is 9.10. The Hall–Kier alpha value is -2.28. The van der Waals surface area contributed by atoms with E-state index in [9.17, 15) is 4.79 Å². The van der Waals surface area contributed by atoms with E-state index in [4.69, 9.17) is 10.00 Å². The zero-order valence-corrected chi connectivity index (χ0v) is 11.0. The third-order valence-corrected chi connectivity index (χ3v) is 2.84. The van der Waals surface area contributed by atoms with E-state index in [0.29, 0.717) is 17.7 Å². The molecular formula is C15H16N2O2. The van der Waals surface area contributed by atoms with Gasteiger partial charge in [-0.3, -0.25) is 4.79 Å². The predicted octanol–water partition coefficient (Wildman–Crippen LogP) is 2.43. The summed E-state index contributed by atoms with van der Waals surface area (Å²) in [7, 11) is 0. The molecule has 1 aromatic carbocycles. The Morgan fingerprint density at radius 1 is 1.42 bits per heavy atom. The maximum atomic E-state index is 11.8. The second kappa shape index (κ2) is 5.57. The van der Waals surface area contributed by atoms with Crippen molar-refractivity contribution >= 4 is 5.91 Å². The van der Waals surface area contributed by atoms with Crippen molar-refractivity contribution in [2.45, 2.75) is 32.4 Å². The summed E-state index contributed by atoms with van der Waals surface area (Å²) in [6.07, 6.45) is 2.34. The van der Waals surface area contributed by atoms with Gasteiger partial charge in [0, 0.05) is 12.5 Å². The second-order valence-corrected chi connectivity index (χ2v) is 4.77. The zero-order chi connectivity index (χ0) is 13.8. The van der Waals surface area contributed by atoms with Gasteiger partial charge in [0.2, 0.25) is 0 Å². The molecule has 19 heavy (non-hydrogen) atoms. The van der Waals surface area contributed by atoms with Crippen LogP contribution in [0.1, 0.15) is 37.5 Å². The van der Waals surface area contributed by atoms with Crippen LogP contribution < -0.4 is 5.32 Å². The van der Waals surface area contributed by atoms with Gasteiger partial charge in [0.05, 0.1) is 11.6 Å². The molecule has 0 aliphatic carbocycles. The van der Waals surface area contributed by atoms with Gasteiger partial charge in [-0.05, 0) is 37.6 Å². The summed E-state index contributed by atoms with van der Waals surface area (Å²) < 4.78 is 5.65. The third kappa shape index (κ3) is 3.14. The Morgan fingerprint density at radius 3 is 2.68 bits per heavy atom. The molecule has 1 aromatic rings. The van der Waals surface area contributed by atoms with Crippen LogP contribution in [0.25, 0.3) is 0 Å². The molecule has 0 radical (unpaired) electrons. The number of carbonyl (C=O) groups excluding carboxylic acids is 1. The molecule has 1 heterocycles. The van der Waals surface area contributed by atoms with Gasteiger partial charge < -0.3 is 10.1 Å². The molecule has 2 rings (SSSR count). The molecule has 98 valence electrons. The largest absolute Gasteiger partial charge is 0.480 e. The highest BCUT2D eigenvalue weighted by Crippen LogP contribution is 2.31. The number of amides is 1. The van der Waals surface area contributed by atoms with E-state index in [0.717, 1.165) is 5.56 Å². The van der Waals surface area contributed by atoms with Gasteiger partial charge in [0.1, 0.15) is 6.10 Å². The van der Waals surface area contributed by atoms with E-state index < -0.39 is 0 Å². The Balaban J connectivity index is 2.00. The number of hydrogen-bond acceptors (Lipinski definition) is 3. The monoisotopic (exact) mass is 256 g/mol. The molecular weight excluding hydrogens is 240 g/mol. The summed E-state index contributed by atoms with van der Waals surface area (Å²) in [6, 6.07) is 9.40. The van der Waals surface area contributed by atoms with Crippen molar-refractivity contribution in [2.24, 2.45) is 0 Å². The molecule has 0 fully saturated rings. The molecule has 4 nitrogen and oxygen atoms in total. The smallest absolute Gasteiger partial charge is 0.286 e. The number of benzene rings is 1. The summed E-state index contributed by atoms with van der Waals surface area (Å²) in [4.78, 5) is 11.8. The van der Waals surface area contributed by atoms with Crippen molar-refractivity contribution in [3.05, 3.63) is 47.2 Å². The van der Waals surface area contributed by atoms with E-state index in [-0.39, 0.29) is 18.1 Å². The van der Waals surface area contributed by atoms with Crippen LogP contribution in [0, 0.1) is 11.3 Å². The van der Waals surface area contributed by atoms with E-state index in [2.05, 4.69) is 11.4 Å². The summed E-state index contributed by atoms with van der Waals surface area (Å²) in [6.45, 7) is 3.82. The Kier molecular flexibility index (Phi) is 3.86. The van der Waals surface area contributed by atoms with Crippen LogP contribution in [-0.2, 0) is 9.53 Å². The molecule has 1 atom stereocenters. The molecule has 1 aliphatic rings. The van der Waals surface area contributed by atoms with Crippen molar-refractivity contribution in [1.82, 2.24) is 5.32 Å². The minimum atomic E-state index is -0.175. The second-order valence-electron chi connectivity index (χ2n) is 4.77. The van der Waals surface area contributed by atoms with Gasteiger partial charge in [0.25, 0.3) is 5.91 Å². The molecule has 1 aliphatic heterocycles. The van der Waals surface area contributed by atoms with Crippen molar-refractivity contribution in [3.63, 3.8) is 0 Å². The van der Waals surface area contributed by atoms with Crippen LogP contribution in [0.15, 0.2) is 36.1 Å². The van der Waals surface area contributed by atoms with Crippen molar-refractivity contribution in [3.8, 4) is 6.07 Å². The van der Waals surface area contributed by atoms with Crippen LogP contribution in [0.4, 0.5) is 0 Å². The fraction of sp³-hybridized carbons (Fsp3) is 0.333. The first-order valence-electron chi connectivity index (χ1n) is 6.28. The van der Waals surface area contributed by atoms with Gasteiger partial charge in [-0.2, -0.15) is 5.26 Å². The molecule has 4 heteroatoms. The van der Waals surface area contributed by atoms with Crippen LogP contribution in [0.5, 0.6) is 0 Å². The number of rotatable bonds is 3.